The van der Waals surface area contributed by atoms with E-state index in [1.807, 2.05) is 42.5 Å². The van der Waals surface area contributed by atoms with Crippen LogP contribution >= 0.6 is 0 Å². The van der Waals surface area contributed by atoms with Gasteiger partial charge in [0.2, 0.25) is 5.95 Å². The van der Waals surface area contributed by atoms with Gasteiger partial charge in [0, 0.05) is 93.0 Å². The molecule has 115 heavy (non-hydrogen) atoms. The summed E-state index contributed by atoms with van der Waals surface area (Å²) >= 11 is 0. The molecule has 1 aliphatic carbocycles. The number of furan rings is 2. The number of hydrogen-bond donors (Lipinski definition) is 0. The number of pyridine rings is 2. The molecule has 0 spiro atoms. The summed E-state index contributed by atoms with van der Waals surface area (Å²) in [4.78, 5) is 23.6. The van der Waals surface area contributed by atoms with E-state index in [-0.39, 0.29) is 0 Å². The highest BCUT2D eigenvalue weighted by molar-refractivity contribution is 6.20. The lowest BCUT2D eigenvalue weighted by Gasteiger charge is -2.35. The van der Waals surface area contributed by atoms with E-state index in [1.54, 1.807) is 0 Å². The van der Waals surface area contributed by atoms with E-state index in [0.29, 0.717) is 5.95 Å². The van der Waals surface area contributed by atoms with Crippen molar-refractivity contribution in [2.24, 2.45) is 0 Å². The molecular formula is C107H66N6O2. The standard InChI is InChI=1S/C62H40N2O.C45H26N4O/c1-4-16-41(17-5-1)42-28-32-46(33-29-42)64(48-36-37-51-50-23-12-14-26-56(50)62(57(51)38-48,44-18-6-2-7-19-44)45-20-8-3-9-21-45)47-34-30-43(31-35-47)61-53-25-11-10-22-49(53)54-40-60-55(39-58(54)63-61)52-24-13-15-27-59(52)65-60;1-2-12-27(13-3-1)43-33-18-6-9-19-37(33)47-45(48-43)49-39-20-10-7-15-30(39)35-24-28(22-23-40(35)49)44-32-17-5-4-14-29(32)34-26-42-36(25-38(34)46-44)31-16-8-11-21-41(31)50-42/h1-40H;1-26H. The van der Waals surface area contributed by atoms with Crippen LogP contribution in [0.4, 0.5) is 17.1 Å². The lowest BCUT2D eigenvalue weighted by molar-refractivity contribution is 0.669. The summed E-state index contributed by atoms with van der Waals surface area (Å²) in [6, 6.07) is 143. The molecule has 0 fully saturated rings. The first kappa shape index (κ1) is 65.5. The number of hydrogen-bond acceptors (Lipinski definition) is 7. The molecule has 0 amide bonds. The number of aromatic nitrogens is 5. The average Bonchev–Trinajstić information content (AvgIpc) is 1.54. The van der Waals surface area contributed by atoms with Gasteiger partial charge in [0.25, 0.3) is 0 Å². The van der Waals surface area contributed by atoms with Gasteiger partial charge in [0.15, 0.2) is 0 Å². The highest BCUT2D eigenvalue weighted by atomic mass is 16.3. The molecule has 8 nitrogen and oxygen atoms in total. The molecule has 24 rings (SSSR count). The summed E-state index contributed by atoms with van der Waals surface area (Å²) < 4.78 is 14.8. The highest BCUT2D eigenvalue weighted by Gasteiger charge is 2.46. The van der Waals surface area contributed by atoms with Crippen molar-refractivity contribution in [2.45, 2.75) is 5.41 Å². The number of para-hydroxylation sites is 4. The van der Waals surface area contributed by atoms with E-state index in [9.17, 15) is 0 Å². The number of anilines is 3. The van der Waals surface area contributed by atoms with Gasteiger partial charge in [0.05, 0.1) is 50.1 Å². The number of fused-ring (bicyclic) bond motifs is 19. The zero-order valence-corrected chi connectivity index (χ0v) is 62.1. The fraction of sp³-hybridized carbons (Fsp3) is 0.00935. The van der Waals surface area contributed by atoms with Crippen molar-refractivity contribution in [1.82, 2.24) is 24.5 Å². The fourth-order valence-electron chi connectivity index (χ4n) is 18.3. The maximum Gasteiger partial charge on any atom is 0.235 e. The number of nitrogens with zero attached hydrogens (tertiary/aromatic N) is 6. The average molecular weight is 1470 g/mol. The molecule has 0 unspecified atom stereocenters. The molecule has 23 aromatic rings. The Kier molecular flexibility index (Phi) is 15.0. The summed E-state index contributed by atoms with van der Waals surface area (Å²) in [5, 5.41) is 14.3. The van der Waals surface area contributed by atoms with Gasteiger partial charge >= 0.3 is 0 Å². The van der Waals surface area contributed by atoms with E-state index in [2.05, 4.69) is 367 Å². The molecule has 0 N–H and O–H groups in total. The Hall–Kier alpha value is -15.4. The van der Waals surface area contributed by atoms with Gasteiger partial charge in [-0.05, 0) is 152 Å². The van der Waals surface area contributed by atoms with Gasteiger partial charge < -0.3 is 13.7 Å². The second kappa shape index (κ2) is 26.4. The summed E-state index contributed by atoms with van der Waals surface area (Å²) in [5.74, 6) is 0.645. The molecular weight excluding hydrogens is 1400 g/mol. The zero-order chi connectivity index (χ0) is 75.7. The molecule has 536 valence electrons. The zero-order valence-electron chi connectivity index (χ0n) is 62.1. The smallest absolute Gasteiger partial charge is 0.235 e. The van der Waals surface area contributed by atoms with Crippen molar-refractivity contribution >= 4 is 137 Å². The van der Waals surface area contributed by atoms with Crippen LogP contribution in [0.3, 0.4) is 0 Å². The van der Waals surface area contributed by atoms with Crippen LogP contribution in [0.2, 0.25) is 0 Å². The monoisotopic (exact) mass is 1470 g/mol. The molecule has 0 aliphatic heterocycles. The second-order valence-electron chi connectivity index (χ2n) is 29.8. The van der Waals surface area contributed by atoms with E-state index in [0.717, 1.165) is 171 Å². The first-order chi connectivity index (χ1) is 57.0. The Labute approximate surface area is 661 Å². The molecule has 1 aliphatic rings. The summed E-state index contributed by atoms with van der Waals surface area (Å²) in [7, 11) is 0. The molecule has 6 heterocycles. The predicted molar refractivity (Wildman–Crippen MR) is 474 cm³/mol. The molecule has 0 radical (unpaired) electrons. The highest BCUT2D eigenvalue weighted by Crippen LogP contribution is 2.58. The van der Waals surface area contributed by atoms with Gasteiger partial charge in [-0.25, -0.2) is 19.9 Å². The minimum Gasteiger partial charge on any atom is -0.456 e. The van der Waals surface area contributed by atoms with Crippen molar-refractivity contribution in [3.8, 4) is 62.0 Å². The van der Waals surface area contributed by atoms with Crippen molar-refractivity contribution in [3.05, 3.63) is 423 Å². The molecule has 0 atom stereocenters. The van der Waals surface area contributed by atoms with Crippen LogP contribution in [0.15, 0.2) is 409 Å². The number of rotatable bonds is 10. The Bertz CT molecular complexity index is 7790. The second-order valence-corrected chi connectivity index (χ2v) is 29.8. The summed E-state index contributed by atoms with van der Waals surface area (Å²) in [6.07, 6.45) is 0. The van der Waals surface area contributed by atoms with Gasteiger partial charge in [-0.1, -0.05) is 303 Å². The normalized spacial score (nSPS) is 12.4. The molecule has 0 saturated carbocycles. The third kappa shape index (κ3) is 10.5. The van der Waals surface area contributed by atoms with E-state index >= 15 is 0 Å². The van der Waals surface area contributed by atoms with E-state index in [4.69, 9.17) is 28.8 Å². The van der Waals surface area contributed by atoms with Crippen LogP contribution in [0.1, 0.15) is 22.3 Å². The minimum absolute atomic E-state index is 0.520. The van der Waals surface area contributed by atoms with Crippen molar-refractivity contribution in [3.63, 3.8) is 0 Å². The first-order valence-corrected chi connectivity index (χ1v) is 39.1. The topological polar surface area (TPSA) is 86.0 Å². The molecule has 6 aromatic heterocycles. The molecule has 8 heteroatoms. The Morgan fingerprint density at radius 2 is 0.652 bits per heavy atom. The summed E-state index contributed by atoms with van der Waals surface area (Å²) in [5.41, 5.74) is 27.0. The van der Waals surface area contributed by atoms with Crippen LogP contribution in [0, 0.1) is 0 Å². The minimum atomic E-state index is -0.520. The van der Waals surface area contributed by atoms with Crippen LogP contribution in [0.25, 0.3) is 182 Å². The SMILES string of the molecule is c1ccc(-c2ccc(N(c3ccc(-c4nc5cc6c(cc5c5ccccc45)oc4ccccc46)cc3)c3ccc4c(c3)C(c3ccccc3)(c3ccccc3)c3ccccc3-4)cc2)cc1.c1ccc(-c2nc(-n3c4ccccc4c4cc(-c5nc6cc7c(cc6c6ccccc56)oc5ccccc57)ccc43)nc3ccccc23)cc1. The lowest BCUT2D eigenvalue weighted by Crippen LogP contribution is -2.28. The number of benzene rings is 17. The maximum absolute atomic E-state index is 6.33. The van der Waals surface area contributed by atoms with Gasteiger partial charge in [-0.3, -0.25) is 4.57 Å². The molecule has 0 saturated heterocycles. The van der Waals surface area contributed by atoms with Gasteiger partial charge in [-0.2, -0.15) is 0 Å². The van der Waals surface area contributed by atoms with Crippen LogP contribution in [0.5, 0.6) is 0 Å². The Balaban J connectivity index is 0.000000141. The summed E-state index contributed by atoms with van der Waals surface area (Å²) in [6.45, 7) is 0. The van der Waals surface area contributed by atoms with E-state index < -0.39 is 5.41 Å². The van der Waals surface area contributed by atoms with Gasteiger partial charge in [0.1, 0.15) is 22.3 Å². The van der Waals surface area contributed by atoms with Crippen LogP contribution in [-0.4, -0.2) is 24.5 Å². The predicted octanol–water partition coefficient (Wildman–Crippen LogP) is 28.1. The third-order valence-corrected chi connectivity index (χ3v) is 23.5. The van der Waals surface area contributed by atoms with Crippen LogP contribution < -0.4 is 4.90 Å². The maximum atomic E-state index is 6.33. The Morgan fingerprint density at radius 3 is 1.26 bits per heavy atom. The van der Waals surface area contributed by atoms with Crippen molar-refractivity contribution in [2.75, 3.05) is 4.90 Å². The quantitative estimate of drug-likeness (QED) is 0.126. The third-order valence-electron chi connectivity index (χ3n) is 23.5. The first-order valence-electron chi connectivity index (χ1n) is 39.1. The van der Waals surface area contributed by atoms with Gasteiger partial charge in [-0.15, -0.1) is 0 Å². The van der Waals surface area contributed by atoms with E-state index in [1.165, 1.54) is 44.5 Å². The van der Waals surface area contributed by atoms with Crippen LogP contribution in [-0.2, 0) is 5.41 Å². The molecule has 17 aromatic carbocycles. The lowest BCUT2D eigenvalue weighted by atomic mass is 9.67. The largest absolute Gasteiger partial charge is 0.456 e. The van der Waals surface area contributed by atoms with Crippen molar-refractivity contribution in [1.29, 1.82) is 0 Å². The fourth-order valence-corrected chi connectivity index (χ4v) is 18.3. The Morgan fingerprint density at radius 1 is 0.226 bits per heavy atom. The van der Waals surface area contributed by atoms with Crippen molar-refractivity contribution < 1.29 is 8.83 Å². The molecule has 0 bridgehead atoms.